The Bertz CT molecular complexity index is 386. The van der Waals surface area contributed by atoms with Crippen LogP contribution in [0, 0.1) is 5.92 Å². The third kappa shape index (κ3) is 2.17. The Morgan fingerprint density at radius 2 is 2.12 bits per heavy atom. The largest absolute Gasteiger partial charge is 0.303 e. The minimum Gasteiger partial charge on any atom is -0.303 e. The van der Waals surface area contributed by atoms with Crippen LogP contribution in [0.15, 0.2) is 24.3 Å². The summed E-state index contributed by atoms with van der Waals surface area (Å²) >= 11 is 0. The molecular formula is C14H19NO. The Morgan fingerprint density at radius 3 is 2.81 bits per heavy atom. The highest BCUT2D eigenvalue weighted by atomic mass is 16.1. The second kappa shape index (κ2) is 4.79. The van der Waals surface area contributed by atoms with Crippen LogP contribution in [-0.2, 0) is 17.8 Å². The van der Waals surface area contributed by atoms with Crippen LogP contribution >= 0.6 is 0 Å². The van der Waals surface area contributed by atoms with Gasteiger partial charge in [0.05, 0.1) is 6.04 Å². The van der Waals surface area contributed by atoms with Gasteiger partial charge in [-0.25, -0.2) is 0 Å². The third-order valence-corrected chi connectivity index (χ3v) is 3.52. The summed E-state index contributed by atoms with van der Waals surface area (Å²) in [5.74, 6) is 0.528. The van der Waals surface area contributed by atoms with Crippen LogP contribution in [0.1, 0.15) is 31.4 Å². The van der Waals surface area contributed by atoms with Crippen molar-refractivity contribution in [3.05, 3.63) is 35.4 Å². The molecule has 1 aliphatic heterocycles. The minimum absolute atomic E-state index is 0.0184. The van der Waals surface area contributed by atoms with E-state index in [0.29, 0.717) is 5.78 Å². The monoisotopic (exact) mass is 217 g/mol. The highest BCUT2D eigenvalue weighted by molar-refractivity contribution is 5.86. The summed E-state index contributed by atoms with van der Waals surface area (Å²) in [7, 11) is 0. The van der Waals surface area contributed by atoms with E-state index in [1.54, 1.807) is 0 Å². The van der Waals surface area contributed by atoms with Crippen molar-refractivity contribution in [2.75, 3.05) is 0 Å². The van der Waals surface area contributed by atoms with Crippen molar-refractivity contribution in [1.82, 2.24) is 5.32 Å². The van der Waals surface area contributed by atoms with Crippen molar-refractivity contribution in [3.63, 3.8) is 0 Å². The summed E-state index contributed by atoms with van der Waals surface area (Å²) in [6, 6.07) is 8.39. The molecule has 0 saturated heterocycles. The number of carbonyl (C=O) groups excluding carboxylic acids is 1. The molecule has 2 nitrogen and oxygen atoms in total. The van der Waals surface area contributed by atoms with Crippen LogP contribution in [0.2, 0.25) is 0 Å². The van der Waals surface area contributed by atoms with Crippen LogP contribution in [0.25, 0.3) is 0 Å². The van der Waals surface area contributed by atoms with Gasteiger partial charge in [-0.15, -0.1) is 0 Å². The molecule has 0 aliphatic carbocycles. The van der Waals surface area contributed by atoms with Crippen LogP contribution in [0.3, 0.4) is 0 Å². The lowest BCUT2D eigenvalue weighted by Gasteiger charge is -2.26. The molecule has 86 valence electrons. The average molecular weight is 217 g/mol. The van der Waals surface area contributed by atoms with Gasteiger partial charge in [0.25, 0.3) is 0 Å². The SMILES string of the molecule is CCC(C)C(=O)C1Cc2ccccc2CN1. The van der Waals surface area contributed by atoms with E-state index in [1.807, 2.05) is 6.92 Å². The number of hydrogen-bond acceptors (Lipinski definition) is 2. The third-order valence-electron chi connectivity index (χ3n) is 3.52. The quantitative estimate of drug-likeness (QED) is 0.842. The van der Waals surface area contributed by atoms with Crippen molar-refractivity contribution in [2.24, 2.45) is 5.92 Å². The van der Waals surface area contributed by atoms with Gasteiger partial charge in [0, 0.05) is 12.5 Å². The minimum atomic E-state index is 0.0184. The Kier molecular flexibility index (Phi) is 3.39. The molecule has 0 fully saturated rings. The zero-order chi connectivity index (χ0) is 11.5. The zero-order valence-corrected chi connectivity index (χ0v) is 9.99. The Balaban J connectivity index is 2.11. The van der Waals surface area contributed by atoms with Crippen LogP contribution in [0.4, 0.5) is 0 Å². The van der Waals surface area contributed by atoms with Crippen molar-refractivity contribution >= 4 is 5.78 Å². The van der Waals surface area contributed by atoms with E-state index >= 15 is 0 Å². The Morgan fingerprint density at radius 1 is 1.44 bits per heavy atom. The first-order valence-corrected chi connectivity index (χ1v) is 6.06. The fraction of sp³-hybridized carbons (Fsp3) is 0.500. The number of carbonyl (C=O) groups is 1. The normalized spacial score (nSPS) is 21.2. The van der Waals surface area contributed by atoms with Gasteiger partial charge in [0.2, 0.25) is 0 Å². The predicted octanol–water partition coefficient (Wildman–Crippen LogP) is 2.32. The Hall–Kier alpha value is -1.15. The summed E-state index contributed by atoms with van der Waals surface area (Å²) in [4.78, 5) is 12.1. The summed E-state index contributed by atoms with van der Waals surface area (Å²) in [5.41, 5.74) is 2.65. The highest BCUT2D eigenvalue weighted by Crippen LogP contribution is 2.19. The molecule has 2 atom stereocenters. The first-order valence-electron chi connectivity index (χ1n) is 6.06. The molecule has 0 aromatic heterocycles. The van der Waals surface area contributed by atoms with Crippen molar-refractivity contribution in [2.45, 2.75) is 39.3 Å². The first kappa shape index (κ1) is 11.3. The smallest absolute Gasteiger partial charge is 0.152 e. The lowest BCUT2D eigenvalue weighted by molar-refractivity contribution is -0.124. The molecule has 2 rings (SSSR count). The van der Waals surface area contributed by atoms with Gasteiger partial charge >= 0.3 is 0 Å². The molecule has 1 N–H and O–H groups in total. The summed E-state index contributed by atoms with van der Waals surface area (Å²) in [6.07, 6.45) is 1.78. The van der Waals surface area contributed by atoms with E-state index in [-0.39, 0.29) is 12.0 Å². The number of Topliss-reactive ketones (excluding diaryl/α,β-unsaturated/α-hetero) is 1. The van der Waals surface area contributed by atoms with Gasteiger partial charge in [0.15, 0.2) is 5.78 Å². The van der Waals surface area contributed by atoms with E-state index in [0.717, 1.165) is 19.4 Å². The fourth-order valence-corrected chi connectivity index (χ4v) is 2.20. The van der Waals surface area contributed by atoms with Crippen LogP contribution in [-0.4, -0.2) is 11.8 Å². The van der Waals surface area contributed by atoms with Gasteiger partial charge in [-0.05, 0) is 24.0 Å². The molecule has 0 radical (unpaired) electrons. The summed E-state index contributed by atoms with van der Waals surface area (Å²) < 4.78 is 0. The lowest BCUT2D eigenvalue weighted by Crippen LogP contribution is -2.43. The molecule has 0 bridgehead atoms. The molecule has 0 spiro atoms. The average Bonchev–Trinajstić information content (AvgIpc) is 2.36. The molecular weight excluding hydrogens is 198 g/mol. The fourth-order valence-electron chi connectivity index (χ4n) is 2.20. The van der Waals surface area contributed by atoms with Gasteiger partial charge < -0.3 is 5.32 Å². The molecule has 2 heteroatoms. The van der Waals surface area contributed by atoms with E-state index in [9.17, 15) is 4.79 Å². The zero-order valence-electron chi connectivity index (χ0n) is 9.99. The lowest BCUT2D eigenvalue weighted by atomic mass is 9.89. The van der Waals surface area contributed by atoms with E-state index < -0.39 is 0 Å². The number of rotatable bonds is 3. The molecule has 0 saturated carbocycles. The second-order valence-electron chi connectivity index (χ2n) is 4.62. The molecule has 2 unspecified atom stereocenters. The number of hydrogen-bond donors (Lipinski definition) is 1. The molecule has 1 aliphatic rings. The summed E-state index contributed by atoms with van der Waals surface area (Å²) in [5, 5.41) is 3.34. The highest BCUT2D eigenvalue weighted by Gasteiger charge is 2.26. The number of ketones is 1. The van der Waals surface area contributed by atoms with Gasteiger partial charge in [-0.1, -0.05) is 38.1 Å². The van der Waals surface area contributed by atoms with Crippen LogP contribution in [0.5, 0.6) is 0 Å². The van der Waals surface area contributed by atoms with Crippen LogP contribution < -0.4 is 5.32 Å². The molecule has 1 aromatic rings. The number of fused-ring (bicyclic) bond motifs is 1. The van der Waals surface area contributed by atoms with E-state index in [4.69, 9.17) is 0 Å². The number of benzene rings is 1. The number of nitrogens with one attached hydrogen (secondary N) is 1. The van der Waals surface area contributed by atoms with E-state index in [2.05, 4.69) is 36.5 Å². The maximum atomic E-state index is 12.1. The maximum absolute atomic E-state index is 12.1. The van der Waals surface area contributed by atoms with Crippen molar-refractivity contribution in [1.29, 1.82) is 0 Å². The van der Waals surface area contributed by atoms with E-state index in [1.165, 1.54) is 11.1 Å². The van der Waals surface area contributed by atoms with Crippen molar-refractivity contribution in [3.8, 4) is 0 Å². The van der Waals surface area contributed by atoms with Gasteiger partial charge in [-0.2, -0.15) is 0 Å². The molecule has 1 heterocycles. The van der Waals surface area contributed by atoms with Crippen molar-refractivity contribution < 1.29 is 4.79 Å². The topological polar surface area (TPSA) is 29.1 Å². The molecule has 1 aromatic carbocycles. The standard InChI is InChI=1S/C14H19NO/c1-3-10(2)14(16)13-8-11-6-4-5-7-12(11)9-15-13/h4-7,10,13,15H,3,8-9H2,1-2H3. The first-order chi connectivity index (χ1) is 7.72. The van der Waals surface area contributed by atoms with Gasteiger partial charge in [-0.3, -0.25) is 4.79 Å². The maximum Gasteiger partial charge on any atom is 0.152 e. The predicted molar refractivity (Wildman–Crippen MR) is 65.2 cm³/mol. The molecule has 16 heavy (non-hydrogen) atoms. The Labute approximate surface area is 97.1 Å². The molecule has 0 amide bonds. The second-order valence-corrected chi connectivity index (χ2v) is 4.62. The van der Waals surface area contributed by atoms with Gasteiger partial charge in [0.1, 0.15) is 0 Å². The summed E-state index contributed by atoms with van der Waals surface area (Å²) in [6.45, 7) is 4.91.